The SMILES string of the molecule is CCC(C)Oc1cccc(NCc2ccc(C(=O)O)o2)c1. The summed E-state index contributed by atoms with van der Waals surface area (Å²) in [5.74, 6) is 0.256. The summed E-state index contributed by atoms with van der Waals surface area (Å²) in [5, 5.41) is 12.0. The highest BCUT2D eigenvalue weighted by atomic mass is 16.5. The van der Waals surface area contributed by atoms with Crippen LogP contribution in [-0.4, -0.2) is 17.2 Å². The molecule has 1 aromatic heterocycles. The van der Waals surface area contributed by atoms with Crippen molar-refractivity contribution in [2.24, 2.45) is 0 Å². The lowest BCUT2D eigenvalue weighted by Gasteiger charge is -2.13. The number of aromatic carboxylic acids is 1. The predicted molar refractivity (Wildman–Crippen MR) is 79.8 cm³/mol. The zero-order chi connectivity index (χ0) is 15.2. The highest BCUT2D eigenvalue weighted by molar-refractivity contribution is 5.84. The highest BCUT2D eigenvalue weighted by Gasteiger charge is 2.08. The van der Waals surface area contributed by atoms with Crippen molar-refractivity contribution in [2.45, 2.75) is 32.9 Å². The molecule has 21 heavy (non-hydrogen) atoms. The zero-order valence-corrected chi connectivity index (χ0v) is 12.1. The maximum atomic E-state index is 10.7. The molecule has 1 aromatic carbocycles. The average molecular weight is 289 g/mol. The third kappa shape index (κ3) is 4.27. The molecule has 0 fully saturated rings. The van der Waals surface area contributed by atoms with E-state index in [1.807, 2.05) is 31.2 Å². The van der Waals surface area contributed by atoms with Crippen molar-refractivity contribution >= 4 is 11.7 Å². The number of hydrogen-bond donors (Lipinski definition) is 2. The van der Waals surface area contributed by atoms with Gasteiger partial charge < -0.3 is 19.6 Å². The number of anilines is 1. The Morgan fingerprint density at radius 2 is 2.19 bits per heavy atom. The second kappa shape index (κ2) is 6.83. The minimum atomic E-state index is -1.06. The number of carboxylic acids is 1. The van der Waals surface area contributed by atoms with Gasteiger partial charge >= 0.3 is 5.97 Å². The van der Waals surface area contributed by atoms with Crippen molar-refractivity contribution in [3.63, 3.8) is 0 Å². The number of carbonyl (C=O) groups is 1. The first-order valence-electron chi connectivity index (χ1n) is 6.91. The number of benzene rings is 1. The van der Waals surface area contributed by atoms with Crippen LogP contribution in [0.3, 0.4) is 0 Å². The van der Waals surface area contributed by atoms with Gasteiger partial charge in [-0.25, -0.2) is 4.79 Å². The molecule has 0 amide bonds. The molecule has 112 valence electrons. The minimum absolute atomic E-state index is 0.0549. The lowest BCUT2D eigenvalue weighted by atomic mass is 10.2. The van der Waals surface area contributed by atoms with E-state index >= 15 is 0 Å². The molecule has 0 aliphatic heterocycles. The van der Waals surface area contributed by atoms with Gasteiger partial charge in [0.1, 0.15) is 11.5 Å². The van der Waals surface area contributed by atoms with E-state index in [9.17, 15) is 4.79 Å². The van der Waals surface area contributed by atoms with Crippen LogP contribution >= 0.6 is 0 Å². The average Bonchev–Trinajstić information content (AvgIpc) is 2.94. The van der Waals surface area contributed by atoms with E-state index < -0.39 is 5.97 Å². The quantitative estimate of drug-likeness (QED) is 0.812. The first-order valence-corrected chi connectivity index (χ1v) is 6.91. The highest BCUT2D eigenvalue weighted by Crippen LogP contribution is 2.20. The van der Waals surface area contributed by atoms with Crippen LogP contribution < -0.4 is 10.1 Å². The Kier molecular flexibility index (Phi) is 4.87. The molecule has 2 N–H and O–H groups in total. The normalized spacial score (nSPS) is 11.9. The van der Waals surface area contributed by atoms with Crippen molar-refractivity contribution in [1.29, 1.82) is 0 Å². The van der Waals surface area contributed by atoms with Crippen LogP contribution in [0.25, 0.3) is 0 Å². The Bertz CT molecular complexity index is 606. The fourth-order valence-corrected chi connectivity index (χ4v) is 1.77. The fourth-order valence-electron chi connectivity index (χ4n) is 1.77. The van der Waals surface area contributed by atoms with Crippen LogP contribution in [0.2, 0.25) is 0 Å². The molecule has 5 nitrogen and oxygen atoms in total. The second-order valence-corrected chi connectivity index (χ2v) is 4.79. The third-order valence-corrected chi connectivity index (χ3v) is 3.09. The summed E-state index contributed by atoms with van der Waals surface area (Å²) in [5.41, 5.74) is 0.893. The van der Waals surface area contributed by atoms with Gasteiger partial charge in [0, 0.05) is 11.8 Å². The number of hydrogen-bond acceptors (Lipinski definition) is 4. The monoisotopic (exact) mass is 289 g/mol. The van der Waals surface area contributed by atoms with Crippen molar-refractivity contribution in [3.8, 4) is 5.75 Å². The molecule has 5 heteroatoms. The molecule has 0 aliphatic rings. The predicted octanol–water partition coefficient (Wildman–Crippen LogP) is 3.77. The molecule has 0 saturated carbocycles. The smallest absolute Gasteiger partial charge is 0.371 e. The molecule has 0 radical (unpaired) electrons. The molecule has 0 aliphatic carbocycles. The first kappa shape index (κ1) is 15.0. The van der Waals surface area contributed by atoms with Crippen molar-refractivity contribution in [1.82, 2.24) is 0 Å². The van der Waals surface area contributed by atoms with Crippen molar-refractivity contribution < 1.29 is 19.1 Å². The lowest BCUT2D eigenvalue weighted by molar-refractivity contribution is 0.0660. The summed E-state index contributed by atoms with van der Waals surface area (Å²) in [6.45, 7) is 4.51. The van der Waals surface area contributed by atoms with E-state index in [1.54, 1.807) is 6.07 Å². The van der Waals surface area contributed by atoms with E-state index in [0.29, 0.717) is 12.3 Å². The van der Waals surface area contributed by atoms with Crippen LogP contribution in [0.15, 0.2) is 40.8 Å². The third-order valence-electron chi connectivity index (χ3n) is 3.09. The second-order valence-electron chi connectivity index (χ2n) is 4.79. The molecule has 1 atom stereocenters. The summed E-state index contributed by atoms with van der Waals surface area (Å²) in [4.78, 5) is 10.7. The summed E-state index contributed by atoms with van der Waals surface area (Å²) in [7, 11) is 0. The number of ether oxygens (including phenoxy) is 1. The van der Waals surface area contributed by atoms with Gasteiger partial charge in [-0.05, 0) is 37.6 Å². The summed E-state index contributed by atoms with van der Waals surface area (Å²) in [6.07, 6.45) is 1.12. The number of carboxylic acid groups (broad SMARTS) is 1. The van der Waals surface area contributed by atoms with Gasteiger partial charge in [-0.2, -0.15) is 0 Å². The van der Waals surface area contributed by atoms with Crippen LogP contribution in [-0.2, 0) is 6.54 Å². The summed E-state index contributed by atoms with van der Waals surface area (Å²) >= 11 is 0. The largest absolute Gasteiger partial charge is 0.491 e. The van der Waals surface area contributed by atoms with E-state index in [-0.39, 0.29) is 11.9 Å². The number of nitrogens with one attached hydrogen (secondary N) is 1. The lowest BCUT2D eigenvalue weighted by Crippen LogP contribution is -2.09. The Balaban J connectivity index is 1.96. The molecular weight excluding hydrogens is 270 g/mol. The van der Waals surface area contributed by atoms with E-state index in [2.05, 4.69) is 12.2 Å². The van der Waals surface area contributed by atoms with Gasteiger partial charge in [0.15, 0.2) is 0 Å². The standard InChI is InChI=1S/C16H19NO4/c1-3-11(2)20-13-6-4-5-12(9-13)17-10-14-7-8-15(21-14)16(18)19/h4-9,11,17H,3,10H2,1-2H3,(H,18,19). The molecule has 0 saturated heterocycles. The van der Waals surface area contributed by atoms with Gasteiger partial charge in [0.25, 0.3) is 0 Å². The Hall–Kier alpha value is -2.43. The Morgan fingerprint density at radius 3 is 2.86 bits per heavy atom. The topological polar surface area (TPSA) is 71.7 Å². The Labute approximate surface area is 123 Å². The van der Waals surface area contributed by atoms with Crippen molar-refractivity contribution in [3.05, 3.63) is 47.9 Å². The molecule has 0 spiro atoms. The number of furan rings is 1. The maximum Gasteiger partial charge on any atom is 0.371 e. The van der Waals surface area contributed by atoms with Gasteiger partial charge in [0.05, 0.1) is 12.6 Å². The Morgan fingerprint density at radius 1 is 1.38 bits per heavy atom. The first-order chi connectivity index (χ1) is 10.1. The van der Waals surface area contributed by atoms with Gasteiger partial charge in [-0.3, -0.25) is 0 Å². The zero-order valence-electron chi connectivity index (χ0n) is 12.1. The van der Waals surface area contributed by atoms with Crippen LogP contribution in [0.1, 0.15) is 36.6 Å². The van der Waals surface area contributed by atoms with Gasteiger partial charge in [-0.15, -0.1) is 0 Å². The fraction of sp³-hybridized carbons (Fsp3) is 0.312. The summed E-state index contributed by atoms with van der Waals surface area (Å²) in [6, 6.07) is 10.7. The van der Waals surface area contributed by atoms with Gasteiger partial charge in [0.2, 0.25) is 5.76 Å². The molecule has 1 unspecified atom stereocenters. The van der Waals surface area contributed by atoms with Crippen molar-refractivity contribution in [2.75, 3.05) is 5.32 Å². The van der Waals surface area contributed by atoms with Crippen LogP contribution in [0.4, 0.5) is 5.69 Å². The molecular formula is C16H19NO4. The summed E-state index contributed by atoms with van der Waals surface area (Å²) < 4.78 is 10.9. The maximum absolute atomic E-state index is 10.7. The molecule has 2 aromatic rings. The van der Waals surface area contributed by atoms with E-state index in [4.69, 9.17) is 14.3 Å². The van der Waals surface area contributed by atoms with E-state index in [1.165, 1.54) is 6.07 Å². The minimum Gasteiger partial charge on any atom is -0.491 e. The molecule has 1 heterocycles. The van der Waals surface area contributed by atoms with Gasteiger partial charge in [-0.1, -0.05) is 13.0 Å². The number of rotatable bonds is 7. The van der Waals surface area contributed by atoms with Crippen LogP contribution in [0, 0.1) is 0 Å². The van der Waals surface area contributed by atoms with Crippen LogP contribution in [0.5, 0.6) is 5.75 Å². The molecule has 2 rings (SSSR count). The van der Waals surface area contributed by atoms with E-state index in [0.717, 1.165) is 17.9 Å². The molecule has 0 bridgehead atoms.